The zero-order chi connectivity index (χ0) is 33.9. The van der Waals surface area contributed by atoms with Crippen LogP contribution in [-0.4, -0.2) is 85.4 Å². The topological polar surface area (TPSA) is 125 Å². The highest BCUT2D eigenvalue weighted by Crippen LogP contribution is 2.34. The largest absolute Gasteiger partial charge is 0.466 e. The number of esters is 1. The number of rotatable bonds is 13. The Hall–Kier alpha value is -4.16. The van der Waals surface area contributed by atoms with Crippen LogP contribution in [0, 0.1) is 5.92 Å². The zero-order valence-electron chi connectivity index (χ0n) is 28.9. The zero-order valence-corrected chi connectivity index (χ0v) is 28.9. The highest BCUT2D eigenvalue weighted by molar-refractivity contribution is 5.92. The highest BCUT2D eigenvalue weighted by Gasteiger charge is 2.36. The second kappa shape index (κ2) is 17.3. The number of piperidine rings is 1. The molecule has 2 aliphatic rings. The van der Waals surface area contributed by atoms with Crippen LogP contribution >= 0.6 is 0 Å². The Labute approximate surface area is 283 Å². The van der Waals surface area contributed by atoms with Gasteiger partial charge in [0.15, 0.2) is 0 Å². The number of ether oxygens (including phenoxy) is 2. The molecule has 48 heavy (non-hydrogen) atoms. The van der Waals surface area contributed by atoms with Crippen molar-refractivity contribution in [1.82, 2.24) is 30.7 Å². The number of carbonyl (C=O) groups excluding carboxylic acids is 2. The number of nitrogens with one attached hydrogen (secondary N) is 2. The van der Waals surface area contributed by atoms with E-state index in [2.05, 4.69) is 68.9 Å². The summed E-state index contributed by atoms with van der Waals surface area (Å²) in [7, 11) is 1.34. The Morgan fingerprint density at radius 1 is 1.02 bits per heavy atom. The van der Waals surface area contributed by atoms with Gasteiger partial charge in [-0.05, 0) is 97.3 Å². The van der Waals surface area contributed by atoms with E-state index in [1.165, 1.54) is 48.9 Å². The third-order valence-corrected chi connectivity index (χ3v) is 9.44. The standard InChI is InChI=1S/C36H51N7O5/c1-5-7-17-42(18-8-6-2)30-12-9-28(10-13-30)23-41-19-15-27(16-20-41)22-37-36(45)43-25-47-24-38-26(3)33(35(44)46-4)34(43)29-11-14-31-32(21-29)40-48-39-31/h9-14,21,27,34,38H,5-8,15-20,22-25H2,1-4H3,(H,37,45)/b33-26+. The molecule has 12 heteroatoms. The number of anilines is 1. The first-order valence-corrected chi connectivity index (χ1v) is 17.3. The monoisotopic (exact) mass is 661 g/mol. The van der Waals surface area contributed by atoms with E-state index in [0.29, 0.717) is 40.3 Å². The molecule has 0 bridgehead atoms. The van der Waals surface area contributed by atoms with Gasteiger partial charge in [-0.25, -0.2) is 14.2 Å². The second-order valence-corrected chi connectivity index (χ2v) is 12.8. The normalized spacial score (nSPS) is 19.4. The number of methoxy groups -OCH3 is 1. The smallest absolute Gasteiger partial charge is 0.337 e. The number of fused-ring (bicyclic) bond motifs is 1. The lowest BCUT2D eigenvalue weighted by Gasteiger charge is -2.36. The third kappa shape index (κ3) is 8.84. The first kappa shape index (κ1) is 35.2. The summed E-state index contributed by atoms with van der Waals surface area (Å²) in [6, 6.07) is 13.4. The number of amides is 2. The summed E-state index contributed by atoms with van der Waals surface area (Å²) >= 11 is 0. The van der Waals surface area contributed by atoms with Crippen molar-refractivity contribution in [2.45, 2.75) is 71.9 Å². The minimum Gasteiger partial charge on any atom is -0.466 e. The Morgan fingerprint density at radius 2 is 1.73 bits per heavy atom. The summed E-state index contributed by atoms with van der Waals surface area (Å²) < 4.78 is 15.9. The molecule has 1 aromatic heterocycles. The van der Waals surface area contributed by atoms with Gasteiger partial charge >= 0.3 is 12.0 Å². The van der Waals surface area contributed by atoms with Crippen LogP contribution in [0.15, 0.2) is 58.4 Å². The fourth-order valence-corrected chi connectivity index (χ4v) is 6.52. The molecule has 3 heterocycles. The average Bonchev–Trinajstić information content (AvgIpc) is 3.58. The molecule has 1 atom stereocenters. The highest BCUT2D eigenvalue weighted by atomic mass is 16.6. The second-order valence-electron chi connectivity index (χ2n) is 12.8. The van der Waals surface area contributed by atoms with E-state index >= 15 is 0 Å². The molecule has 1 saturated heterocycles. The molecular weight excluding hydrogens is 610 g/mol. The van der Waals surface area contributed by atoms with Crippen molar-refractivity contribution in [2.24, 2.45) is 5.92 Å². The summed E-state index contributed by atoms with van der Waals surface area (Å²) in [6.07, 6.45) is 6.83. The van der Waals surface area contributed by atoms with E-state index in [4.69, 9.17) is 14.1 Å². The number of nitrogens with zero attached hydrogens (tertiary/aromatic N) is 5. The summed E-state index contributed by atoms with van der Waals surface area (Å²) in [6.45, 7) is 12.0. The molecule has 0 aliphatic carbocycles. The lowest BCUT2D eigenvalue weighted by Crippen LogP contribution is -2.48. The minimum absolute atomic E-state index is 0.0292. The number of hydrogen-bond donors (Lipinski definition) is 2. The number of urea groups is 1. The first-order valence-electron chi connectivity index (χ1n) is 17.3. The molecule has 1 fully saturated rings. The van der Waals surface area contributed by atoms with Gasteiger partial charge in [0.2, 0.25) is 0 Å². The number of likely N-dealkylation sites (tertiary alicyclic amines) is 1. The van der Waals surface area contributed by atoms with E-state index in [1.54, 1.807) is 19.1 Å². The Balaban J connectivity index is 1.19. The predicted octanol–water partition coefficient (Wildman–Crippen LogP) is 5.58. The van der Waals surface area contributed by atoms with Crippen LogP contribution in [0.3, 0.4) is 0 Å². The third-order valence-electron chi connectivity index (χ3n) is 9.44. The van der Waals surface area contributed by atoms with Gasteiger partial charge in [-0.1, -0.05) is 44.9 Å². The maximum absolute atomic E-state index is 13.8. The van der Waals surface area contributed by atoms with E-state index in [9.17, 15) is 9.59 Å². The van der Waals surface area contributed by atoms with Crippen molar-refractivity contribution in [1.29, 1.82) is 0 Å². The summed E-state index contributed by atoms with van der Waals surface area (Å²) in [5.74, 6) is -0.181. The molecule has 260 valence electrons. The van der Waals surface area contributed by atoms with Crippen LogP contribution in [0.4, 0.5) is 10.5 Å². The number of hydrogen-bond acceptors (Lipinski definition) is 10. The van der Waals surface area contributed by atoms with Gasteiger partial charge in [-0.3, -0.25) is 9.80 Å². The first-order chi connectivity index (χ1) is 23.4. The van der Waals surface area contributed by atoms with E-state index in [-0.39, 0.29) is 19.5 Å². The number of benzene rings is 2. The SMILES string of the molecule is CCCCN(CCCC)c1ccc(CN2CCC(CNC(=O)N3COCN/C(C)=C(/C(=O)OC)C3c3ccc4nonc4c3)CC2)cc1. The van der Waals surface area contributed by atoms with E-state index in [0.717, 1.165) is 45.6 Å². The summed E-state index contributed by atoms with van der Waals surface area (Å²) in [5.41, 5.74) is 5.30. The number of unbranched alkanes of at least 4 members (excludes halogenated alkanes) is 2. The molecule has 3 aromatic rings. The molecule has 1 unspecified atom stereocenters. The van der Waals surface area contributed by atoms with Gasteiger partial charge in [0, 0.05) is 37.6 Å². The predicted molar refractivity (Wildman–Crippen MR) is 185 cm³/mol. The molecule has 2 N–H and O–H groups in total. The maximum Gasteiger partial charge on any atom is 0.337 e. The van der Waals surface area contributed by atoms with Crippen LogP contribution in [0.25, 0.3) is 11.0 Å². The van der Waals surface area contributed by atoms with Gasteiger partial charge in [0.05, 0.1) is 18.7 Å². The van der Waals surface area contributed by atoms with Gasteiger partial charge in [0.25, 0.3) is 0 Å². The fraction of sp³-hybridized carbons (Fsp3) is 0.556. The fourth-order valence-electron chi connectivity index (χ4n) is 6.52. The molecule has 2 aliphatic heterocycles. The molecule has 0 spiro atoms. The van der Waals surface area contributed by atoms with Crippen LogP contribution < -0.4 is 15.5 Å². The van der Waals surface area contributed by atoms with Crippen molar-refractivity contribution in [2.75, 3.05) is 58.2 Å². The number of carbonyl (C=O) groups is 2. The van der Waals surface area contributed by atoms with Gasteiger partial charge in [-0.2, -0.15) is 0 Å². The van der Waals surface area contributed by atoms with Crippen molar-refractivity contribution >= 4 is 28.7 Å². The Kier molecular flexibility index (Phi) is 12.7. The van der Waals surface area contributed by atoms with Crippen molar-refractivity contribution in [3.05, 3.63) is 64.9 Å². The lowest BCUT2D eigenvalue weighted by atomic mass is 9.94. The summed E-state index contributed by atoms with van der Waals surface area (Å²) in [4.78, 5) is 33.5. The van der Waals surface area contributed by atoms with Gasteiger partial charge in [-0.15, -0.1) is 0 Å². The van der Waals surface area contributed by atoms with Crippen molar-refractivity contribution in [3.8, 4) is 0 Å². The molecule has 2 amide bonds. The van der Waals surface area contributed by atoms with Crippen molar-refractivity contribution < 1.29 is 23.7 Å². The van der Waals surface area contributed by atoms with Gasteiger partial charge in [0.1, 0.15) is 24.5 Å². The molecule has 0 radical (unpaired) electrons. The Bertz CT molecular complexity index is 1510. The van der Waals surface area contributed by atoms with Crippen molar-refractivity contribution in [3.63, 3.8) is 0 Å². The van der Waals surface area contributed by atoms with Crippen LogP contribution in [0.1, 0.15) is 76.5 Å². The number of aromatic nitrogens is 2. The lowest BCUT2D eigenvalue weighted by molar-refractivity contribution is -0.137. The summed E-state index contributed by atoms with van der Waals surface area (Å²) in [5, 5.41) is 14.1. The quantitative estimate of drug-likeness (QED) is 0.225. The number of allylic oxidation sites excluding steroid dienone is 1. The average molecular weight is 662 g/mol. The van der Waals surface area contributed by atoms with Crippen LogP contribution in [-0.2, 0) is 20.8 Å². The Morgan fingerprint density at radius 3 is 2.42 bits per heavy atom. The maximum atomic E-state index is 13.8. The molecule has 2 aromatic carbocycles. The van der Waals surface area contributed by atoms with Gasteiger partial charge < -0.3 is 25.0 Å². The van der Waals surface area contributed by atoms with E-state index in [1.807, 2.05) is 6.07 Å². The molecule has 5 rings (SSSR count). The molecular formula is C36H51N7O5. The minimum atomic E-state index is -0.787. The molecule has 12 nitrogen and oxygen atoms in total. The molecule has 0 saturated carbocycles. The van der Waals surface area contributed by atoms with E-state index < -0.39 is 12.0 Å². The van der Waals surface area contributed by atoms with Crippen LogP contribution in [0.5, 0.6) is 0 Å². The van der Waals surface area contributed by atoms with Crippen LogP contribution in [0.2, 0.25) is 0 Å².